The van der Waals surface area contributed by atoms with Crippen molar-refractivity contribution in [2.24, 2.45) is 0 Å². The molecule has 256 valence electrons. The van der Waals surface area contributed by atoms with Gasteiger partial charge in [-0.2, -0.15) is 0 Å². The Kier molecular flexibility index (Phi) is 7.17. The summed E-state index contributed by atoms with van der Waals surface area (Å²) in [6.45, 7) is 0. The smallest absolute Gasteiger partial charge is 0.0979 e. The van der Waals surface area contributed by atoms with E-state index in [1.807, 2.05) is 6.20 Å². The maximum atomic E-state index is 5.25. The van der Waals surface area contributed by atoms with E-state index in [2.05, 4.69) is 199 Å². The van der Waals surface area contributed by atoms with Crippen LogP contribution in [0.1, 0.15) is 0 Å². The van der Waals surface area contributed by atoms with E-state index in [1.54, 1.807) is 0 Å². The fourth-order valence-corrected chi connectivity index (χ4v) is 8.40. The minimum absolute atomic E-state index is 0.863. The molecule has 0 saturated heterocycles. The van der Waals surface area contributed by atoms with Gasteiger partial charge in [0.25, 0.3) is 0 Å². The molecule has 0 amide bonds. The molecule has 3 nitrogen and oxygen atoms in total. The molecule has 55 heavy (non-hydrogen) atoms. The minimum atomic E-state index is 0.863. The molecule has 3 heteroatoms. The zero-order valence-electron chi connectivity index (χ0n) is 29.9. The highest BCUT2D eigenvalue weighted by Crippen LogP contribution is 2.37. The third kappa shape index (κ3) is 5.20. The monoisotopic (exact) mass is 699 g/mol. The lowest BCUT2D eigenvalue weighted by Gasteiger charge is -2.12. The topological polar surface area (TPSA) is 30.7 Å². The van der Waals surface area contributed by atoms with Crippen LogP contribution in [0.5, 0.6) is 0 Å². The van der Waals surface area contributed by atoms with E-state index in [0.717, 1.165) is 49.9 Å². The fourth-order valence-electron chi connectivity index (χ4n) is 8.40. The fraction of sp³-hybridized carbons (Fsp3) is 0. The molecule has 2 aromatic heterocycles. The summed E-state index contributed by atoms with van der Waals surface area (Å²) in [6.07, 6.45) is 1.92. The van der Waals surface area contributed by atoms with Crippen LogP contribution in [0.4, 0.5) is 0 Å². The summed E-state index contributed by atoms with van der Waals surface area (Å²) in [5.74, 6) is 0. The predicted molar refractivity (Wildman–Crippen MR) is 231 cm³/mol. The zero-order valence-corrected chi connectivity index (χ0v) is 29.9. The standard InChI is InChI=1S/C52H33N3/c1-3-25-46-42(21-1)43-22-2-4-26-47(43)52-51(46)53-33-48(54-52)40-19-11-17-38(31-40)36-15-9-13-34(29-36)35-14-10-16-37(30-35)39-18-12-20-41(32-39)55-49-27-7-5-23-44(49)45-24-6-8-28-50(45)55/h1-33H. The molecule has 0 aliphatic carbocycles. The van der Waals surface area contributed by atoms with Crippen LogP contribution in [0.2, 0.25) is 0 Å². The molecule has 9 aromatic carbocycles. The van der Waals surface area contributed by atoms with Gasteiger partial charge < -0.3 is 4.57 Å². The first-order valence-corrected chi connectivity index (χ1v) is 18.7. The van der Waals surface area contributed by atoms with Gasteiger partial charge in [0.2, 0.25) is 0 Å². The van der Waals surface area contributed by atoms with Gasteiger partial charge in [-0.1, -0.05) is 152 Å². The van der Waals surface area contributed by atoms with Gasteiger partial charge in [-0.25, -0.2) is 4.98 Å². The van der Waals surface area contributed by atoms with E-state index in [1.165, 1.54) is 54.8 Å². The van der Waals surface area contributed by atoms with Crippen molar-refractivity contribution in [1.82, 2.24) is 14.5 Å². The summed E-state index contributed by atoms with van der Waals surface area (Å²) in [4.78, 5) is 10.3. The van der Waals surface area contributed by atoms with Crippen molar-refractivity contribution in [3.8, 4) is 50.3 Å². The SMILES string of the molecule is c1cc(-c2cccc(-c3cccc(-n4c5ccccc5c5ccccc54)c3)c2)cc(-c2cccc(-c3cnc4c5ccccc5c5ccccc5c4n3)c2)c1. The van der Waals surface area contributed by atoms with E-state index in [9.17, 15) is 0 Å². The number of para-hydroxylation sites is 2. The van der Waals surface area contributed by atoms with Gasteiger partial charge in [-0.05, 0) is 86.6 Å². The second kappa shape index (κ2) is 12.6. The van der Waals surface area contributed by atoms with Gasteiger partial charge in [-0.15, -0.1) is 0 Å². The van der Waals surface area contributed by atoms with E-state index >= 15 is 0 Å². The number of nitrogens with zero attached hydrogens (tertiary/aromatic N) is 3. The van der Waals surface area contributed by atoms with Gasteiger partial charge in [0, 0.05) is 32.8 Å². The molecule has 0 radical (unpaired) electrons. The third-order valence-electron chi connectivity index (χ3n) is 11.0. The van der Waals surface area contributed by atoms with Crippen LogP contribution >= 0.6 is 0 Å². The summed E-state index contributed by atoms with van der Waals surface area (Å²) in [6, 6.07) is 69.6. The largest absolute Gasteiger partial charge is 0.309 e. The summed E-state index contributed by atoms with van der Waals surface area (Å²) in [5.41, 5.74) is 14.4. The lowest BCUT2D eigenvalue weighted by Crippen LogP contribution is -1.94. The molecule has 0 aliphatic rings. The summed E-state index contributed by atoms with van der Waals surface area (Å²) in [5, 5.41) is 7.18. The van der Waals surface area contributed by atoms with Crippen molar-refractivity contribution in [2.75, 3.05) is 0 Å². The van der Waals surface area contributed by atoms with Gasteiger partial charge in [0.1, 0.15) is 0 Å². The van der Waals surface area contributed by atoms with Crippen molar-refractivity contribution in [2.45, 2.75) is 0 Å². The van der Waals surface area contributed by atoms with Crippen molar-refractivity contribution in [3.05, 3.63) is 200 Å². The first-order chi connectivity index (χ1) is 27.3. The molecule has 0 bridgehead atoms. The zero-order chi connectivity index (χ0) is 36.3. The molecule has 0 unspecified atom stereocenters. The van der Waals surface area contributed by atoms with Crippen molar-refractivity contribution in [3.63, 3.8) is 0 Å². The number of aromatic nitrogens is 3. The molecule has 0 spiro atoms. The Bertz CT molecular complexity index is 3190. The lowest BCUT2D eigenvalue weighted by molar-refractivity contribution is 1.18. The molecular formula is C52H33N3. The number of fused-ring (bicyclic) bond motifs is 9. The Hall–Kier alpha value is -7.36. The molecule has 0 atom stereocenters. The van der Waals surface area contributed by atoms with E-state index in [4.69, 9.17) is 9.97 Å². The maximum absolute atomic E-state index is 5.25. The Labute approximate surface area is 318 Å². The molecular weight excluding hydrogens is 667 g/mol. The number of rotatable bonds is 5. The molecule has 0 N–H and O–H groups in total. The van der Waals surface area contributed by atoms with Gasteiger partial charge in [-0.3, -0.25) is 4.98 Å². The Morgan fingerprint density at radius 1 is 0.309 bits per heavy atom. The van der Waals surface area contributed by atoms with Crippen LogP contribution in [-0.4, -0.2) is 14.5 Å². The lowest BCUT2D eigenvalue weighted by atomic mass is 9.95. The van der Waals surface area contributed by atoms with Crippen molar-refractivity contribution < 1.29 is 0 Å². The first kappa shape index (κ1) is 31.2. The second-order valence-corrected chi connectivity index (χ2v) is 14.2. The van der Waals surface area contributed by atoms with Crippen molar-refractivity contribution in [1.29, 1.82) is 0 Å². The van der Waals surface area contributed by atoms with Crippen LogP contribution in [0.3, 0.4) is 0 Å². The van der Waals surface area contributed by atoms with E-state index in [0.29, 0.717) is 0 Å². The number of hydrogen-bond donors (Lipinski definition) is 0. The molecule has 11 rings (SSSR count). The van der Waals surface area contributed by atoms with Crippen LogP contribution < -0.4 is 0 Å². The predicted octanol–water partition coefficient (Wildman–Crippen LogP) is 13.7. The van der Waals surface area contributed by atoms with Crippen LogP contribution in [0.15, 0.2) is 200 Å². The highest BCUT2D eigenvalue weighted by atomic mass is 15.0. The summed E-state index contributed by atoms with van der Waals surface area (Å²) < 4.78 is 2.38. The van der Waals surface area contributed by atoms with Gasteiger partial charge >= 0.3 is 0 Å². The molecule has 0 aliphatic heterocycles. The second-order valence-electron chi connectivity index (χ2n) is 14.2. The highest BCUT2D eigenvalue weighted by molar-refractivity contribution is 6.23. The first-order valence-electron chi connectivity index (χ1n) is 18.7. The van der Waals surface area contributed by atoms with Crippen LogP contribution in [-0.2, 0) is 0 Å². The highest BCUT2D eigenvalue weighted by Gasteiger charge is 2.14. The van der Waals surface area contributed by atoms with Crippen LogP contribution in [0.25, 0.3) is 105 Å². The Balaban J connectivity index is 0.948. The minimum Gasteiger partial charge on any atom is -0.309 e. The van der Waals surface area contributed by atoms with Gasteiger partial charge in [0.05, 0.1) is 34.0 Å². The number of hydrogen-bond acceptors (Lipinski definition) is 2. The average molecular weight is 700 g/mol. The summed E-state index contributed by atoms with van der Waals surface area (Å²) >= 11 is 0. The molecule has 0 fully saturated rings. The van der Waals surface area contributed by atoms with Crippen molar-refractivity contribution >= 4 is 54.4 Å². The van der Waals surface area contributed by atoms with Gasteiger partial charge in [0.15, 0.2) is 0 Å². The normalized spacial score (nSPS) is 11.6. The number of benzene rings is 9. The molecule has 0 saturated carbocycles. The Morgan fingerprint density at radius 3 is 1.25 bits per heavy atom. The molecule has 2 heterocycles. The van der Waals surface area contributed by atoms with E-state index in [-0.39, 0.29) is 0 Å². The Morgan fingerprint density at radius 2 is 0.709 bits per heavy atom. The van der Waals surface area contributed by atoms with E-state index < -0.39 is 0 Å². The maximum Gasteiger partial charge on any atom is 0.0979 e. The van der Waals surface area contributed by atoms with Crippen LogP contribution in [0, 0.1) is 0 Å². The average Bonchev–Trinajstić information content (AvgIpc) is 3.61. The third-order valence-corrected chi connectivity index (χ3v) is 11.0. The molecule has 11 aromatic rings. The summed E-state index contributed by atoms with van der Waals surface area (Å²) in [7, 11) is 0. The quantitative estimate of drug-likeness (QED) is 0.167.